The van der Waals surface area contributed by atoms with Crippen molar-refractivity contribution in [2.45, 2.75) is 45.0 Å². The summed E-state index contributed by atoms with van der Waals surface area (Å²) in [4.78, 5) is 14.9. The Balaban J connectivity index is 2.45. The van der Waals surface area contributed by atoms with Crippen molar-refractivity contribution in [3.05, 3.63) is 24.3 Å². The first-order valence-electron chi connectivity index (χ1n) is 7.81. The molecule has 0 spiro atoms. The number of esters is 1. The largest absolute Gasteiger partial charge is 0.497 e. The minimum atomic E-state index is -3.19. The first-order valence-corrected chi connectivity index (χ1v) is 8.19. The molecule has 0 saturated carbocycles. The molecule has 0 N–H and O–H groups in total. The van der Waals surface area contributed by atoms with Crippen LogP contribution in [0, 0.1) is 0 Å². The van der Waals surface area contributed by atoms with Crippen LogP contribution in [0.25, 0.3) is 0 Å². The van der Waals surface area contributed by atoms with Crippen LogP contribution in [0.5, 0.6) is 5.75 Å². The van der Waals surface area contributed by atoms with Crippen LogP contribution in [0.1, 0.15) is 39.0 Å². The third kappa shape index (κ3) is 7.25. The van der Waals surface area contributed by atoms with Gasteiger partial charge in [0.1, 0.15) is 5.75 Å². The summed E-state index contributed by atoms with van der Waals surface area (Å²) in [5.74, 6) is -2.88. The third-order valence-electron chi connectivity index (χ3n) is 3.28. The van der Waals surface area contributed by atoms with Gasteiger partial charge in [0.2, 0.25) is 0 Å². The zero-order chi connectivity index (χ0) is 18.0. The Bertz CT molecular complexity index is 547. The van der Waals surface area contributed by atoms with Gasteiger partial charge >= 0.3 is 5.97 Å². The molecule has 134 valence electrons. The molecule has 0 fully saturated rings. The van der Waals surface area contributed by atoms with Crippen LogP contribution in [-0.4, -0.2) is 30.8 Å². The SMILES string of the molecule is CCOC(=O)CCCCCC(F)(F)C(Cl)=Nc1ccc(OC)cc1. The van der Waals surface area contributed by atoms with Gasteiger partial charge in [-0.3, -0.25) is 4.79 Å². The standard InChI is InChI=1S/C17H22ClF2NO3/c1-3-24-15(22)7-5-4-6-12-17(19,20)16(18)21-13-8-10-14(23-2)11-9-13/h8-11H,3-7,12H2,1-2H3. The van der Waals surface area contributed by atoms with Gasteiger partial charge < -0.3 is 9.47 Å². The number of aliphatic imine (C=N–C) groups is 1. The summed E-state index contributed by atoms with van der Waals surface area (Å²) in [7, 11) is 1.52. The van der Waals surface area contributed by atoms with E-state index in [0.717, 1.165) is 0 Å². The molecule has 0 aliphatic heterocycles. The van der Waals surface area contributed by atoms with Gasteiger partial charge in [0.15, 0.2) is 5.17 Å². The zero-order valence-corrected chi connectivity index (χ0v) is 14.6. The fraction of sp³-hybridized carbons (Fsp3) is 0.529. The molecule has 1 aromatic carbocycles. The van der Waals surface area contributed by atoms with Crippen molar-refractivity contribution in [1.29, 1.82) is 0 Å². The molecule has 0 heterocycles. The Morgan fingerprint density at radius 2 is 1.88 bits per heavy atom. The molecule has 24 heavy (non-hydrogen) atoms. The predicted octanol–water partition coefficient (Wildman–Crippen LogP) is 5.11. The molecule has 0 saturated heterocycles. The Morgan fingerprint density at radius 3 is 2.46 bits per heavy atom. The number of unbranched alkanes of at least 4 members (excludes halogenated alkanes) is 2. The van der Waals surface area contributed by atoms with Crippen molar-refractivity contribution in [2.24, 2.45) is 4.99 Å². The lowest BCUT2D eigenvalue weighted by molar-refractivity contribution is -0.143. The van der Waals surface area contributed by atoms with Gasteiger partial charge in [-0.1, -0.05) is 18.0 Å². The van der Waals surface area contributed by atoms with E-state index in [1.807, 2.05) is 0 Å². The highest BCUT2D eigenvalue weighted by molar-refractivity contribution is 6.67. The Kier molecular flexibility index (Phi) is 8.68. The zero-order valence-electron chi connectivity index (χ0n) is 13.9. The number of nitrogens with zero attached hydrogens (tertiary/aromatic N) is 1. The number of carbonyl (C=O) groups excluding carboxylic acids is 1. The first-order chi connectivity index (χ1) is 11.4. The maximum atomic E-state index is 14.0. The highest BCUT2D eigenvalue weighted by Crippen LogP contribution is 2.29. The molecule has 0 amide bonds. The number of rotatable bonds is 10. The summed E-state index contributed by atoms with van der Waals surface area (Å²) in [5, 5.41) is -0.738. The van der Waals surface area contributed by atoms with E-state index in [2.05, 4.69) is 4.99 Å². The second kappa shape index (κ2) is 10.2. The molecule has 1 rings (SSSR count). The van der Waals surface area contributed by atoms with E-state index >= 15 is 0 Å². The van der Waals surface area contributed by atoms with Gasteiger partial charge in [-0.15, -0.1) is 0 Å². The fourth-order valence-electron chi connectivity index (χ4n) is 1.98. The Morgan fingerprint density at radius 1 is 1.21 bits per heavy atom. The molecule has 0 aromatic heterocycles. The van der Waals surface area contributed by atoms with Crippen molar-refractivity contribution in [3.63, 3.8) is 0 Å². The molecule has 4 nitrogen and oxygen atoms in total. The van der Waals surface area contributed by atoms with Gasteiger partial charge in [0.25, 0.3) is 5.92 Å². The molecular formula is C17H22ClF2NO3. The summed E-state index contributed by atoms with van der Waals surface area (Å²) in [6, 6.07) is 6.35. The van der Waals surface area contributed by atoms with E-state index in [0.29, 0.717) is 30.9 Å². The minimum absolute atomic E-state index is 0.243. The quantitative estimate of drug-likeness (QED) is 0.330. The maximum absolute atomic E-state index is 14.0. The Labute approximate surface area is 145 Å². The summed E-state index contributed by atoms with van der Waals surface area (Å²) in [6.07, 6.45) is 1.10. The molecule has 1 aromatic rings. The molecular weight excluding hydrogens is 340 g/mol. The monoisotopic (exact) mass is 361 g/mol. The highest BCUT2D eigenvalue weighted by atomic mass is 35.5. The molecule has 0 bridgehead atoms. The van der Waals surface area contributed by atoms with Crippen LogP contribution in [0.2, 0.25) is 0 Å². The Hall–Kier alpha value is -1.69. The smallest absolute Gasteiger partial charge is 0.305 e. The summed E-state index contributed by atoms with van der Waals surface area (Å²) < 4.78 is 37.7. The van der Waals surface area contributed by atoms with E-state index in [1.165, 1.54) is 7.11 Å². The lowest BCUT2D eigenvalue weighted by atomic mass is 10.1. The van der Waals surface area contributed by atoms with E-state index < -0.39 is 17.5 Å². The number of carbonyl (C=O) groups is 1. The number of ether oxygens (including phenoxy) is 2. The second-order valence-corrected chi connectivity index (χ2v) is 5.53. The van der Waals surface area contributed by atoms with Crippen molar-refractivity contribution in [3.8, 4) is 5.75 Å². The molecule has 0 atom stereocenters. The minimum Gasteiger partial charge on any atom is -0.497 e. The lowest BCUT2D eigenvalue weighted by Gasteiger charge is -2.14. The van der Waals surface area contributed by atoms with Crippen molar-refractivity contribution < 1.29 is 23.0 Å². The summed E-state index contributed by atoms with van der Waals surface area (Å²) in [6.45, 7) is 2.05. The number of benzene rings is 1. The van der Waals surface area contributed by atoms with Crippen molar-refractivity contribution in [2.75, 3.05) is 13.7 Å². The van der Waals surface area contributed by atoms with Crippen LogP contribution in [0.3, 0.4) is 0 Å². The molecule has 7 heteroatoms. The van der Waals surface area contributed by atoms with Crippen LogP contribution < -0.4 is 4.74 Å². The number of alkyl halides is 2. The number of methoxy groups -OCH3 is 1. The van der Waals surface area contributed by atoms with Gasteiger partial charge in [-0.05, 0) is 44.0 Å². The topological polar surface area (TPSA) is 47.9 Å². The number of hydrogen-bond acceptors (Lipinski definition) is 4. The highest BCUT2D eigenvalue weighted by Gasteiger charge is 2.34. The number of hydrogen-bond donors (Lipinski definition) is 0. The summed E-state index contributed by atoms with van der Waals surface area (Å²) in [5.41, 5.74) is 0.336. The summed E-state index contributed by atoms with van der Waals surface area (Å²) >= 11 is 5.68. The average Bonchev–Trinajstić information content (AvgIpc) is 2.55. The number of halogens is 3. The van der Waals surface area contributed by atoms with Crippen molar-refractivity contribution in [1.82, 2.24) is 0 Å². The third-order valence-corrected chi connectivity index (χ3v) is 3.64. The van der Waals surface area contributed by atoms with Gasteiger partial charge in [-0.2, -0.15) is 8.78 Å². The van der Waals surface area contributed by atoms with Gasteiger partial charge in [-0.25, -0.2) is 4.99 Å². The van der Waals surface area contributed by atoms with E-state index in [-0.39, 0.29) is 18.8 Å². The average molecular weight is 362 g/mol. The first kappa shape index (κ1) is 20.4. The van der Waals surface area contributed by atoms with E-state index in [1.54, 1.807) is 31.2 Å². The predicted molar refractivity (Wildman–Crippen MR) is 90.6 cm³/mol. The molecule has 0 aliphatic rings. The second-order valence-electron chi connectivity index (χ2n) is 5.17. The van der Waals surface area contributed by atoms with E-state index in [4.69, 9.17) is 21.1 Å². The van der Waals surface area contributed by atoms with Crippen LogP contribution >= 0.6 is 11.6 Å². The van der Waals surface area contributed by atoms with Crippen LogP contribution in [-0.2, 0) is 9.53 Å². The molecule has 0 aliphatic carbocycles. The fourth-order valence-corrected chi connectivity index (χ4v) is 2.17. The van der Waals surface area contributed by atoms with Crippen LogP contribution in [0.15, 0.2) is 29.3 Å². The van der Waals surface area contributed by atoms with E-state index in [9.17, 15) is 13.6 Å². The van der Waals surface area contributed by atoms with Gasteiger partial charge in [0, 0.05) is 12.8 Å². The molecule has 0 radical (unpaired) electrons. The van der Waals surface area contributed by atoms with Crippen molar-refractivity contribution >= 4 is 28.4 Å². The van der Waals surface area contributed by atoms with Gasteiger partial charge in [0.05, 0.1) is 19.4 Å². The lowest BCUT2D eigenvalue weighted by Crippen LogP contribution is -2.24. The molecule has 0 unspecified atom stereocenters. The normalized spacial score (nSPS) is 12.1. The van der Waals surface area contributed by atoms with Crippen LogP contribution in [0.4, 0.5) is 14.5 Å². The maximum Gasteiger partial charge on any atom is 0.305 e.